The lowest BCUT2D eigenvalue weighted by molar-refractivity contribution is 0.0306. The molecule has 198 valence electrons. The van der Waals surface area contributed by atoms with Crippen LogP contribution in [0.25, 0.3) is 0 Å². The lowest BCUT2D eigenvalue weighted by atomic mass is 10.0. The van der Waals surface area contributed by atoms with Crippen molar-refractivity contribution in [3.8, 4) is 5.75 Å². The summed E-state index contributed by atoms with van der Waals surface area (Å²) < 4.78 is 47.4. The highest BCUT2D eigenvalue weighted by molar-refractivity contribution is 8.00. The van der Waals surface area contributed by atoms with Crippen LogP contribution in [0.1, 0.15) is 11.1 Å². The predicted molar refractivity (Wildman–Crippen MR) is 149 cm³/mol. The Hall–Kier alpha value is -3.28. The molecule has 2 N–H and O–H groups in total. The van der Waals surface area contributed by atoms with Crippen LogP contribution in [0.15, 0.2) is 45.3 Å². The minimum absolute atomic E-state index is 0.0511. The van der Waals surface area contributed by atoms with Crippen LogP contribution in [-0.4, -0.2) is 80.7 Å². The summed E-state index contributed by atoms with van der Waals surface area (Å²) in [4.78, 5) is 13.0. The van der Waals surface area contributed by atoms with E-state index in [0.717, 1.165) is 5.56 Å². The van der Waals surface area contributed by atoms with Crippen LogP contribution in [0.5, 0.6) is 5.75 Å². The van der Waals surface area contributed by atoms with E-state index < -0.39 is 21.6 Å². The molecule has 0 amide bonds. The first-order chi connectivity index (χ1) is 17.6. The highest BCUT2D eigenvalue weighted by Crippen LogP contribution is 2.37. The molecule has 5 unspecified atom stereocenters. The maximum absolute atomic E-state index is 14.3. The Morgan fingerprint density at radius 2 is 2.00 bits per heavy atom. The van der Waals surface area contributed by atoms with E-state index in [1.165, 1.54) is 24.5 Å². The molecule has 2 aliphatic rings. The fourth-order valence-corrected chi connectivity index (χ4v) is 5.24. The molecule has 5 atom stereocenters. The highest BCUT2D eigenvalue weighted by atomic mass is 32.2. The van der Waals surface area contributed by atoms with E-state index >= 15 is 0 Å². The summed E-state index contributed by atoms with van der Waals surface area (Å²) in [5.41, 5.74) is 3.21. The number of nitrogens with zero attached hydrogens (tertiary/aromatic N) is 3. The molecule has 0 bridgehead atoms. The highest BCUT2D eigenvalue weighted by Gasteiger charge is 2.48. The zero-order chi connectivity index (χ0) is 26.7. The van der Waals surface area contributed by atoms with Crippen molar-refractivity contribution in [1.29, 1.82) is 0 Å². The molecular formula is C26H32FN5O4S. The molecule has 0 aromatic heterocycles. The zero-order valence-corrected chi connectivity index (χ0v) is 22.2. The summed E-state index contributed by atoms with van der Waals surface area (Å²) in [6, 6.07) is 7.76. The molecule has 2 saturated heterocycles. The van der Waals surface area contributed by atoms with Gasteiger partial charge < -0.3 is 29.2 Å². The third-order valence-corrected chi connectivity index (χ3v) is 6.79. The van der Waals surface area contributed by atoms with Crippen molar-refractivity contribution in [2.45, 2.75) is 25.2 Å². The Morgan fingerprint density at radius 3 is 2.68 bits per heavy atom. The molecule has 9 nitrogen and oxygen atoms in total. The number of ether oxygens (including phenoxy) is 3. The van der Waals surface area contributed by atoms with E-state index in [-0.39, 0.29) is 23.9 Å². The van der Waals surface area contributed by atoms with Gasteiger partial charge >= 0.3 is 0 Å². The van der Waals surface area contributed by atoms with E-state index in [1.54, 1.807) is 20.2 Å². The number of benzene rings is 2. The second-order valence-corrected chi connectivity index (χ2v) is 11.3. The summed E-state index contributed by atoms with van der Waals surface area (Å²) in [7, 11) is 1.01. The van der Waals surface area contributed by atoms with E-state index in [4.69, 9.17) is 19.2 Å². The van der Waals surface area contributed by atoms with Crippen molar-refractivity contribution >= 4 is 51.4 Å². The Balaban J connectivity index is 1.67. The van der Waals surface area contributed by atoms with Crippen LogP contribution in [-0.2, 0) is 19.2 Å². The number of rotatable bonds is 8. The van der Waals surface area contributed by atoms with Crippen molar-refractivity contribution in [3.63, 3.8) is 0 Å². The van der Waals surface area contributed by atoms with Crippen LogP contribution >= 0.6 is 0 Å². The lowest BCUT2D eigenvalue weighted by Crippen LogP contribution is -2.33. The second-order valence-electron chi connectivity index (χ2n) is 9.10. The van der Waals surface area contributed by atoms with Gasteiger partial charge in [-0.25, -0.2) is 18.6 Å². The molecule has 2 aromatic rings. The van der Waals surface area contributed by atoms with Crippen molar-refractivity contribution in [3.05, 3.63) is 47.3 Å². The maximum atomic E-state index is 14.3. The minimum atomic E-state index is -2.46. The summed E-state index contributed by atoms with van der Waals surface area (Å²) in [6.07, 6.45) is 2.47. The van der Waals surface area contributed by atoms with Crippen molar-refractivity contribution < 1.29 is 22.8 Å². The standard InChI is InChI=1S/C26H32FN5O4S/c1-15-9-18(32-37(5,6)33)11-20(29-3)23(15)26(30-4)31-19-8-7-17(27)10-21(19)36-22-14-35-24-16(12-28-2)13-34-25(22)24/h7-12,16,22,24-25,29H,4-5,13-14H2,1-3,6H3,(H,32,33). The SMILES string of the molecule is C=NC(=Nc1ccc(F)cc1OC1COC2C(C=NC)COC12)c1c(C)cc(NS(=C)(C)=O)cc1NC. The van der Waals surface area contributed by atoms with E-state index in [2.05, 4.69) is 32.6 Å². The van der Waals surface area contributed by atoms with Gasteiger partial charge in [0.25, 0.3) is 0 Å². The van der Waals surface area contributed by atoms with Crippen molar-refractivity contribution in [1.82, 2.24) is 0 Å². The van der Waals surface area contributed by atoms with Gasteiger partial charge in [0.1, 0.15) is 23.4 Å². The fourth-order valence-electron chi connectivity index (χ4n) is 4.63. The number of halogens is 1. The van der Waals surface area contributed by atoms with Gasteiger partial charge in [-0.05, 0) is 49.3 Å². The minimum Gasteiger partial charge on any atom is -0.483 e. The first kappa shape index (κ1) is 26.8. The largest absolute Gasteiger partial charge is 0.483 e. The molecule has 0 radical (unpaired) electrons. The Labute approximate surface area is 217 Å². The maximum Gasteiger partial charge on any atom is 0.161 e. The van der Waals surface area contributed by atoms with Gasteiger partial charge in [0.2, 0.25) is 0 Å². The van der Waals surface area contributed by atoms with Crippen molar-refractivity contribution in [2.24, 2.45) is 20.9 Å². The molecule has 2 heterocycles. The third kappa shape index (κ3) is 6.00. The molecule has 2 aliphatic heterocycles. The Morgan fingerprint density at radius 1 is 1.24 bits per heavy atom. The quantitative estimate of drug-likeness (QED) is 0.309. The average molecular weight is 530 g/mol. The first-order valence-electron chi connectivity index (χ1n) is 11.7. The van der Waals surface area contributed by atoms with Gasteiger partial charge in [-0.1, -0.05) is 0 Å². The Bertz CT molecular complexity index is 1340. The predicted octanol–water partition coefficient (Wildman–Crippen LogP) is 3.49. The fraction of sp³-hybridized carbons (Fsp3) is 0.385. The van der Waals surface area contributed by atoms with Crippen LogP contribution in [0.2, 0.25) is 0 Å². The molecule has 2 fully saturated rings. The van der Waals surface area contributed by atoms with Gasteiger partial charge in [-0.2, -0.15) is 0 Å². The Kier molecular flexibility index (Phi) is 7.96. The van der Waals surface area contributed by atoms with E-state index in [0.29, 0.717) is 41.7 Å². The number of nitrogens with one attached hydrogen (secondary N) is 2. The number of amidine groups is 1. The van der Waals surface area contributed by atoms with E-state index in [9.17, 15) is 8.60 Å². The first-order valence-corrected chi connectivity index (χ1v) is 13.9. The molecule has 2 aromatic carbocycles. The van der Waals surface area contributed by atoms with Gasteiger partial charge in [0, 0.05) is 65.2 Å². The molecule has 0 aliphatic carbocycles. The topological polar surface area (TPSA) is 106 Å². The summed E-state index contributed by atoms with van der Waals surface area (Å²) in [5, 5.41) is 3.13. The number of aliphatic imine (C=N–C) groups is 3. The molecule has 0 spiro atoms. The van der Waals surface area contributed by atoms with Crippen LogP contribution in [0.3, 0.4) is 0 Å². The van der Waals surface area contributed by atoms with Gasteiger partial charge in [-0.15, -0.1) is 0 Å². The number of hydrogen-bond acceptors (Lipinski definition) is 7. The monoisotopic (exact) mass is 529 g/mol. The van der Waals surface area contributed by atoms with Crippen LogP contribution in [0.4, 0.5) is 21.5 Å². The molecular weight excluding hydrogens is 497 g/mol. The molecule has 4 rings (SSSR count). The normalized spacial score (nSPS) is 25.1. The summed E-state index contributed by atoms with van der Waals surface area (Å²) >= 11 is 0. The van der Waals surface area contributed by atoms with Gasteiger partial charge in [0.15, 0.2) is 11.9 Å². The molecule has 11 heteroatoms. The number of hydrogen-bond donors (Lipinski definition) is 2. The number of fused-ring (bicyclic) bond motifs is 1. The van der Waals surface area contributed by atoms with E-state index in [1.807, 2.05) is 19.2 Å². The average Bonchev–Trinajstić information content (AvgIpc) is 3.41. The third-order valence-electron chi connectivity index (χ3n) is 6.13. The lowest BCUT2D eigenvalue weighted by Gasteiger charge is -2.20. The van der Waals surface area contributed by atoms with Crippen LogP contribution in [0, 0.1) is 18.7 Å². The number of anilines is 2. The van der Waals surface area contributed by atoms with Gasteiger partial charge in [0.05, 0.1) is 19.3 Å². The van der Waals surface area contributed by atoms with Crippen molar-refractivity contribution in [2.75, 3.05) is 43.6 Å². The molecule has 0 saturated carbocycles. The molecule has 37 heavy (non-hydrogen) atoms. The van der Waals surface area contributed by atoms with Crippen LogP contribution < -0.4 is 14.8 Å². The summed E-state index contributed by atoms with van der Waals surface area (Å²) in [5.74, 6) is 3.80. The second kappa shape index (κ2) is 11.0. The van der Waals surface area contributed by atoms with Gasteiger partial charge in [-0.3, -0.25) is 0 Å². The number of aryl methyl sites for hydroxylation is 1. The zero-order valence-electron chi connectivity index (χ0n) is 21.4. The smallest absolute Gasteiger partial charge is 0.161 e. The summed E-state index contributed by atoms with van der Waals surface area (Å²) in [6.45, 7) is 6.38.